The zero-order valence-corrected chi connectivity index (χ0v) is 16.0. The van der Waals surface area contributed by atoms with Gasteiger partial charge in [-0.1, -0.05) is 25.1 Å². The summed E-state index contributed by atoms with van der Waals surface area (Å²) < 4.78 is 5.43. The number of carbonyl (C=O) groups is 1. The van der Waals surface area contributed by atoms with Gasteiger partial charge in [0.25, 0.3) is 0 Å². The van der Waals surface area contributed by atoms with Crippen LogP contribution in [0.25, 0.3) is 11.0 Å². The molecule has 1 saturated heterocycles. The second-order valence-corrected chi connectivity index (χ2v) is 7.65. The van der Waals surface area contributed by atoms with Crippen LogP contribution in [-0.4, -0.2) is 44.0 Å². The lowest BCUT2D eigenvalue weighted by Gasteiger charge is -2.30. The van der Waals surface area contributed by atoms with E-state index in [-0.39, 0.29) is 17.7 Å². The predicted octanol–water partition coefficient (Wildman–Crippen LogP) is 3.33. The molecule has 1 amide bonds. The number of H-pyrrole nitrogens is 1. The van der Waals surface area contributed by atoms with Crippen LogP contribution in [0.15, 0.2) is 22.7 Å². The third-order valence-electron chi connectivity index (χ3n) is 5.19. The lowest BCUT2D eigenvalue weighted by atomic mass is 9.96. The van der Waals surface area contributed by atoms with Gasteiger partial charge in [-0.15, -0.1) is 0 Å². The molecular formula is C20H25N5O2. The third kappa shape index (κ3) is 3.72. The van der Waals surface area contributed by atoms with Crippen LogP contribution < -0.4 is 0 Å². The molecule has 1 aliphatic heterocycles. The molecule has 0 bridgehead atoms. The quantitative estimate of drug-likeness (QED) is 0.764. The molecule has 1 aromatic carbocycles. The van der Waals surface area contributed by atoms with Crippen molar-refractivity contribution in [2.45, 2.75) is 51.9 Å². The number of aromatic nitrogens is 4. The van der Waals surface area contributed by atoms with E-state index < -0.39 is 0 Å². The minimum absolute atomic E-state index is 0.164. The molecule has 0 aliphatic carbocycles. The molecule has 4 rings (SSSR count). The van der Waals surface area contributed by atoms with Crippen molar-refractivity contribution in [1.82, 2.24) is 25.0 Å². The summed E-state index contributed by atoms with van der Waals surface area (Å²) in [6.45, 7) is 7.50. The van der Waals surface area contributed by atoms with E-state index in [0.29, 0.717) is 12.3 Å². The maximum Gasteiger partial charge on any atom is 0.229 e. The number of hydrogen-bond acceptors (Lipinski definition) is 5. The van der Waals surface area contributed by atoms with Gasteiger partial charge in [-0.2, -0.15) is 4.98 Å². The van der Waals surface area contributed by atoms with Crippen LogP contribution in [0.4, 0.5) is 0 Å². The van der Waals surface area contributed by atoms with Crippen molar-refractivity contribution in [2.24, 2.45) is 0 Å². The largest absolute Gasteiger partial charge is 0.342 e. The van der Waals surface area contributed by atoms with Gasteiger partial charge in [0.05, 0.1) is 17.5 Å². The number of hydrogen-bond donors (Lipinski definition) is 1. The van der Waals surface area contributed by atoms with Gasteiger partial charge < -0.3 is 14.4 Å². The van der Waals surface area contributed by atoms with Crippen LogP contribution in [0.3, 0.4) is 0 Å². The Balaban J connectivity index is 1.36. The summed E-state index contributed by atoms with van der Waals surface area (Å²) >= 11 is 0. The standard InChI is InChI=1S/C20H25N5O2/c1-12(2)19-23-20(27-24-19)15-6-8-25(9-7-15)18(26)11-14-4-5-16-17(10-14)22-13(3)21-16/h4-5,10,12,15H,6-9,11H2,1-3H3,(H,21,22). The Morgan fingerprint density at radius 3 is 2.78 bits per heavy atom. The first-order valence-electron chi connectivity index (χ1n) is 9.56. The van der Waals surface area contributed by atoms with Gasteiger partial charge in [-0.05, 0) is 37.5 Å². The van der Waals surface area contributed by atoms with Crippen LogP contribution in [0, 0.1) is 6.92 Å². The summed E-state index contributed by atoms with van der Waals surface area (Å²) in [6.07, 6.45) is 2.14. The van der Waals surface area contributed by atoms with Crippen molar-refractivity contribution in [1.29, 1.82) is 0 Å². The Kier molecular flexibility index (Phi) is 4.68. The van der Waals surface area contributed by atoms with Crippen LogP contribution in [-0.2, 0) is 11.2 Å². The topological polar surface area (TPSA) is 87.9 Å². The van der Waals surface area contributed by atoms with E-state index in [4.69, 9.17) is 4.52 Å². The van der Waals surface area contributed by atoms with Gasteiger partial charge in [0.15, 0.2) is 5.82 Å². The molecule has 0 spiro atoms. The number of piperidine rings is 1. The Bertz CT molecular complexity index is 950. The number of benzene rings is 1. The van der Waals surface area contributed by atoms with E-state index in [9.17, 15) is 4.79 Å². The number of aromatic amines is 1. The fourth-order valence-electron chi connectivity index (χ4n) is 3.60. The molecule has 27 heavy (non-hydrogen) atoms. The van der Waals surface area contributed by atoms with Gasteiger partial charge in [0, 0.05) is 24.9 Å². The maximum atomic E-state index is 12.7. The van der Waals surface area contributed by atoms with Gasteiger partial charge in [0.2, 0.25) is 11.8 Å². The van der Waals surface area contributed by atoms with Crippen molar-refractivity contribution in [3.05, 3.63) is 41.3 Å². The van der Waals surface area contributed by atoms with E-state index in [1.54, 1.807) is 0 Å². The number of likely N-dealkylation sites (tertiary alicyclic amines) is 1. The highest BCUT2D eigenvalue weighted by Crippen LogP contribution is 2.28. The van der Waals surface area contributed by atoms with E-state index in [2.05, 4.69) is 34.0 Å². The number of imidazole rings is 1. The summed E-state index contributed by atoms with van der Waals surface area (Å²) in [5.41, 5.74) is 2.93. The van der Waals surface area contributed by atoms with Crippen LogP contribution in [0.1, 0.15) is 61.6 Å². The number of amides is 1. The first-order chi connectivity index (χ1) is 13.0. The van der Waals surface area contributed by atoms with Crippen LogP contribution in [0.5, 0.6) is 0 Å². The highest BCUT2D eigenvalue weighted by Gasteiger charge is 2.27. The van der Waals surface area contributed by atoms with Crippen LogP contribution >= 0.6 is 0 Å². The third-order valence-corrected chi connectivity index (χ3v) is 5.19. The lowest BCUT2D eigenvalue weighted by molar-refractivity contribution is -0.131. The van der Waals surface area contributed by atoms with Gasteiger partial charge in [-0.25, -0.2) is 4.98 Å². The first-order valence-corrected chi connectivity index (χ1v) is 9.56. The molecule has 7 nitrogen and oxygen atoms in total. The minimum Gasteiger partial charge on any atom is -0.342 e. The molecule has 142 valence electrons. The Labute approximate surface area is 158 Å². The molecule has 2 aromatic heterocycles. The van der Waals surface area contributed by atoms with Gasteiger partial charge in [0.1, 0.15) is 5.82 Å². The number of nitrogens with zero attached hydrogens (tertiary/aromatic N) is 4. The van der Waals surface area contributed by atoms with Gasteiger partial charge >= 0.3 is 0 Å². The monoisotopic (exact) mass is 367 g/mol. The molecule has 1 N–H and O–H groups in total. The summed E-state index contributed by atoms with van der Waals surface area (Å²) in [4.78, 5) is 26.8. The molecule has 0 atom stereocenters. The average molecular weight is 367 g/mol. The number of rotatable bonds is 4. The molecule has 3 heterocycles. The van der Waals surface area contributed by atoms with Crippen molar-refractivity contribution in [3.8, 4) is 0 Å². The molecule has 7 heteroatoms. The lowest BCUT2D eigenvalue weighted by Crippen LogP contribution is -2.38. The van der Waals surface area contributed by atoms with E-state index in [1.807, 2.05) is 30.0 Å². The number of carbonyl (C=O) groups excluding carboxylic acids is 1. The fourth-order valence-corrected chi connectivity index (χ4v) is 3.60. The summed E-state index contributed by atoms with van der Waals surface area (Å²) in [5.74, 6) is 3.03. The maximum absolute atomic E-state index is 12.7. The zero-order chi connectivity index (χ0) is 19.0. The number of fused-ring (bicyclic) bond motifs is 1. The molecule has 0 unspecified atom stereocenters. The first kappa shape index (κ1) is 17.7. The highest BCUT2D eigenvalue weighted by atomic mass is 16.5. The molecule has 1 aliphatic rings. The normalized spacial score (nSPS) is 15.8. The van der Waals surface area contributed by atoms with Crippen molar-refractivity contribution >= 4 is 16.9 Å². The SMILES string of the molecule is Cc1nc2ccc(CC(=O)N3CCC(c4nc(C(C)C)no4)CC3)cc2[nH]1. The number of aryl methyl sites for hydroxylation is 1. The molecule has 1 fully saturated rings. The van der Waals surface area contributed by atoms with E-state index >= 15 is 0 Å². The average Bonchev–Trinajstić information content (AvgIpc) is 3.27. The van der Waals surface area contributed by atoms with Crippen LogP contribution in [0.2, 0.25) is 0 Å². The molecular weight excluding hydrogens is 342 g/mol. The van der Waals surface area contributed by atoms with Gasteiger partial charge in [-0.3, -0.25) is 4.79 Å². The summed E-state index contributed by atoms with van der Waals surface area (Å²) in [5, 5.41) is 4.05. The second kappa shape index (κ2) is 7.13. The summed E-state index contributed by atoms with van der Waals surface area (Å²) in [6, 6.07) is 5.97. The van der Waals surface area contributed by atoms with E-state index in [1.165, 1.54) is 0 Å². The second-order valence-electron chi connectivity index (χ2n) is 7.65. The number of nitrogens with one attached hydrogen (secondary N) is 1. The van der Waals surface area contributed by atoms with E-state index in [0.717, 1.165) is 54.2 Å². The van der Waals surface area contributed by atoms with Crippen molar-refractivity contribution in [2.75, 3.05) is 13.1 Å². The smallest absolute Gasteiger partial charge is 0.229 e. The highest BCUT2D eigenvalue weighted by molar-refractivity contribution is 5.82. The van der Waals surface area contributed by atoms with Crippen molar-refractivity contribution < 1.29 is 9.32 Å². The Morgan fingerprint density at radius 2 is 2.07 bits per heavy atom. The molecule has 0 radical (unpaired) electrons. The Morgan fingerprint density at radius 1 is 1.30 bits per heavy atom. The minimum atomic E-state index is 0.164. The summed E-state index contributed by atoms with van der Waals surface area (Å²) in [7, 11) is 0. The van der Waals surface area contributed by atoms with Crippen molar-refractivity contribution in [3.63, 3.8) is 0 Å². The fraction of sp³-hybridized carbons (Fsp3) is 0.500. The molecule has 3 aromatic rings. The molecule has 0 saturated carbocycles. The zero-order valence-electron chi connectivity index (χ0n) is 16.0. The Hall–Kier alpha value is -2.70. The predicted molar refractivity (Wildman–Crippen MR) is 101 cm³/mol.